The Balaban J connectivity index is 1.83. The van der Waals surface area contributed by atoms with Gasteiger partial charge in [-0.1, -0.05) is 29.3 Å². The number of nitrogens with zero attached hydrogens (tertiary/aromatic N) is 1. The molecule has 3 rings (SSSR count). The van der Waals surface area contributed by atoms with Crippen LogP contribution in [0.2, 0.25) is 10.0 Å². The minimum absolute atomic E-state index is 0.0853. The summed E-state index contributed by atoms with van der Waals surface area (Å²) in [7, 11) is 0. The summed E-state index contributed by atoms with van der Waals surface area (Å²) in [5.41, 5.74) is 2.62. The van der Waals surface area contributed by atoms with Gasteiger partial charge in [-0.25, -0.2) is 0 Å². The van der Waals surface area contributed by atoms with Gasteiger partial charge in [-0.3, -0.25) is 14.7 Å². The number of rotatable bonds is 2. The van der Waals surface area contributed by atoms with Crippen molar-refractivity contribution in [3.63, 3.8) is 0 Å². The van der Waals surface area contributed by atoms with Crippen LogP contribution in [-0.4, -0.2) is 21.4 Å². The molecule has 0 bridgehead atoms. The highest BCUT2D eigenvalue weighted by atomic mass is 35.5. The molecule has 21 heavy (non-hydrogen) atoms. The summed E-state index contributed by atoms with van der Waals surface area (Å²) >= 11 is 17.1. The molecule has 0 atom stereocenters. The van der Waals surface area contributed by atoms with E-state index in [0.29, 0.717) is 34.3 Å². The lowest BCUT2D eigenvalue weighted by molar-refractivity contribution is 0.240. The third kappa shape index (κ3) is 3.21. The van der Waals surface area contributed by atoms with Crippen LogP contribution in [0.5, 0.6) is 0 Å². The van der Waals surface area contributed by atoms with E-state index >= 15 is 0 Å². The van der Waals surface area contributed by atoms with Crippen LogP contribution in [0.3, 0.4) is 0 Å². The normalized spacial score (nSPS) is 15.0. The van der Waals surface area contributed by atoms with Crippen molar-refractivity contribution >= 4 is 35.4 Å². The molecule has 0 saturated carbocycles. The predicted molar refractivity (Wildman–Crippen MR) is 86.5 cm³/mol. The van der Waals surface area contributed by atoms with Gasteiger partial charge in [0, 0.05) is 40.9 Å². The summed E-state index contributed by atoms with van der Waals surface area (Å²) < 4.78 is 0.366. The van der Waals surface area contributed by atoms with Crippen molar-refractivity contribution in [1.82, 2.24) is 14.9 Å². The molecule has 2 N–H and O–H groups in total. The van der Waals surface area contributed by atoms with E-state index in [0.717, 1.165) is 23.4 Å². The highest BCUT2D eigenvalue weighted by molar-refractivity contribution is 7.71. The predicted octanol–water partition coefficient (Wildman–Crippen LogP) is 3.30. The van der Waals surface area contributed by atoms with Gasteiger partial charge in [0.2, 0.25) is 0 Å². The maximum Gasteiger partial charge on any atom is 0.255 e. The van der Waals surface area contributed by atoms with Crippen LogP contribution in [0.25, 0.3) is 0 Å². The van der Waals surface area contributed by atoms with Gasteiger partial charge in [-0.2, -0.15) is 0 Å². The summed E-state index contributed by atoms with van der Waals surface area (Å²) in [5, 5.41) is 1.29. The Labute approximate surface area is 136 Å². The molecule has 0 unspecified atom stereocenters. The topological polar surface area (TPSA) is 51.9 Å². The second-order valence-corrected chi connectivity index (χ2v) is 6.31. The monoisotopic (exact) mass is 341 g/mol. The minimum atomic E-state index is -0.0853. The summed E-state index contributed by atoms with van der Waals surface area (Å²) in [6.07, 6.45) is 0.696. The summed E-state index contributed by atoms with van der Waals surface area (Å²) in [5.74, 6) is 0. The molecular weight excluding hydrogens is 329 g/mol. The lowest BCUT2D eigenvalue weighted by Crippen LogP contribution is -2.34. The van der Waals surface area contributed by atoms with E-state index in [1.807, 2.05) is 12.1 Å². The van der Waals surface area contributed by atoms with Crippen molar-refractivity contribution in [2.45, 2.75) is 19.5 Å². The van der Waals surface area contributed by atoms with Gasteiger partial charge in [-0.15, -0.1) is 0 Å². The zero-order chi connectivity index (χ0) is 15.0. The average Bonchev–Trinajstić information content (AvgIpc) is 2.41. The van der Waals surface area contributed by atoms with Crippen molar-refractivity contribution in [1.29, 1.82) is 0 Å². The average molecular weight is 342 g/mol. The maximum absolute atomic E-state index is 11.8. The van der Waals surface area contributed by atoms with Crippen molar-refractivity contribution in [3.05, 3.63) is 60.2 Å². The highest BCUT2D eigenvalue weighted by Gasteiger charge is 2.20. The van der Waals surface area contributed by atoms with E-state index in [1.54, 1.807) is 6.07 Å². The largest absolute Gasteiger partial charge is 0.334 e. The number of aromatic amines is 2. The molecule has 2 heterocycles. The quantitative estimate of drug-likeness (QED) is 0.824. The van der Waals surface area contributed by atoms with Crippen LogP contribution in [0.15, 0.2) is 23.0 Å². The first kappa shape index (κ1) is 14.8. The number of halogens is 2. The van der Waals surface area contributed by atoms with Crippen molar-refractivity contribution in [3.8, 4) is 0 Å². The lowest BCUT2D eigenvalue weighted by Gasteiger charge is -2.28. The minimum Gasteiger partial charge on any atom is -0.334 e. The molecule has 0 saturated heterocycles. The number of fused-ring (bicyclic) bond motifs is 1. The molecule has 1 aromatic heterocycles. The Kier molecular flexibility index (Phi) is 4.17. The van der Waals surface area contributed by atoms with E-state index in [2.05, 4.69) is 14.9 Å². The Hall–Kier alpha value is -1.14. The number of benzene rings is 1. The Bertz CT molecular complexity index is 800. The van der Waals surface area contributed by atoms with Crippen LogP contribution in [-0.2, 0) is 19.5 Å². The Morgan fingerprint density at radius 1 is 1.29 bits per heavy atom. The fourth-order valence-corrected chi connectivity index (χ4v) is 3.24. The van der Waals surface area contributed by atoms with E-state index in [4.69, 9.17) is 35.4 Å². The zero-order valence-electron chi connectivity index (χ0n) is 11.1. The van der Waals surface area contributed by atoms with Gasteiger partial charge in [0.25, 0.3) is 5.56 Å². The molecule has 2 aromatic rings. The Morgan fingerprint density at radius 2 is 2.10 bits per heavy atom. The molecule has 1 aromatic carbocycles. The molecule has 110 valence electrons. The van der Waals surface area contributed by atoms with Crippen LogP contribution in [0.4, 0.5) is 0 Å². The molecule has 0 spiro atoms. The van der Waals surface area contributed by atoms with Gasteiger partial charge < -0.3 is 4.98 Å². The van der Waals surface area contributed by atoms with Crippen LogP contribution >= 0.6 is 35.4 Å². The van der Waals surface area contributed by atoms with Crippen LogP contribution < -0.4 is 5.56 Å². The zero-order valence-corrected chi connectivity index (χ0v) is 13.4. The maximum atomic E-state index is 11.8. The van der Waals surface area contributed by atoms with E-state index in [-0.39, 0.29) is 5.56 Å². The number of hydrogen-bond donors (Lipinski definition) is 2. The van der Waals surface area contributed by atoms with Crippen LogP contribution in [0.1, 0.15) is 16.8 Å². The smallest absolute Gasteiger partial charge is 0.255 e. The van der Waals surface area contributed by atoms with Gasteiger partial charge in [-0.05, 0) is 36.3 Å². The number of H-pyrrole nitrogens is 2. The molecule has 1 aliphatic heterocycles. The van der Waals surface area contributed by atoms with Gasteiger partial charge >= 0.3 is 0 Å². The fourth-order valence-electron chi connectivity index (χ4n) is 2.56. The molecular formula is C14H13Cl2N3OS. The van der Waals surface area contributed by atoms with Crippen LogP contribution in [0, 0.1) is 4.77 Å². The third-order valence-corrected chi connectivity index (χ3v) is 4.39. The molecule has 0 radical (unpaired) electrons. The first-order valence-electron chi connectivity index (χ1n) is 6.53. The SMILES string of the molecule is O=c1[nH]c(=S)[nH]c2c1CCN(Cc1ccc(Cl)cc1Cl)C2. The Morgan fingerprint density at radius 3 is 2.86 bits per heavy atom. The second-order valence-electron chi connectivity index (χ2n) is 5.06. The van der Waals surface area contributed by atoms with Gasteiger partial charge in [0.15, 0.2) is 4.77 Å². The van der Waals surface area contributed by atoms with E-state index < -0.39 is 0 Å². The molecule has 0 aliphatic carbocycles. The summed E-state index contributed by atoms with van der Waals surface area (Å²) in [6.45, 7) is 2.17. The van der Waals surface area contributed by atoms with Crippen molar-refractivity contribution in [2.75, 3.05) is 6.54 Å². The molecule has 7 heteroatoms. The number of nitrogens with one attached hydrogen (secondary N) is 2. The van der Waals surface area contributed by atoms with E-state index in [9.17, 15) is 4.79 Å². The van der Waals surface area contributed by atoms with Gasteiger partial charge in [0.1, 0.15) is 0 Å². The van der Waals surface area contributed by atoms with Crippen molar-refractivity contribution < 1.29 is 0 Å². The van der Waals surface area contributed by atoms with Gasteiger partial charge in [0.05, 0.1) is 0 Å². The molecule has 4 nitrogen and oxygen atoms in total. The standard InChI is InChI=1S/C14H13Cl2N3OS/c15-9-2-1-8(11(16)5-9)6-19-4-3-10-12(7-19)17-14(21)18-13(10)20/h1-2,5H,3-4,6-7H2,(H2,17,18,20,21). The molecule has 0 fully saturated rings. The lowest BCUT2D eigenvalue weighted by atomic mass is 10.1. The van der Waals surface area contributed by atoms with Crippen molar-refractivity contribution in [2.24, 2.45) is 0 Å². The first-order chi connectivity index (χ1) is 10.0. The second kappa shape index (κ2) is 5.93. The fraction of sp³-hybridized carbons (Fsp3) is 0.286. The number of aromatic nitrogens is 2. The number of hydrogen-bond acceptors (Lipinski definition) is 3. The first-order valence-corrected chi connectivity index (χ1v) is 7.70. The summed E-state index contributed by atoms with van der Waals surface area (Å²) in [4.78, 5) is 19.8. The summed E-state index contributed by atoms with van der Waals surface area (Å²) in [6, 6.07) is 5.51. The van der Waals surface area contributed by atoms with E-state index in [1.165, 1.54) is 0 Å². The highest BCUT2D eigenvalue weighted by Crippen LogP contribution is 2.24. The molecule has 1 aliphatic rings. The third-order valence-electron chi connectivity index (χ3n) is 3.60. The molecule has 0 amide bonds.